The average Bonchev–Trinajstić information content (AvgIpc) is 3.20. The average molecular weight is 457 g/mol. The Labute approximate surface area is 177 Å². The highest BCUT2D eigenvalue weighted by atomic mass is 35.5. The number of alkyl halides is 6. The summed E-state index contributed by atoms with van der Waals surface area (Å²) in [6, 6.07) is 7.99. The molecule has 0 saturated carbocycles. The molecule has 0 saturated heterocycles. The van der Waals surface area contributed by atoms with Crippen LogP contribution in [0.5, 0.6) is 0 Å². The summed E-state index contributed by atoms with van der Waals surface area (Å²) in [6.45, 7) is 0. The molecule has 3 rings (SSSR count). The lowest BCUT2D eigenvalue weighted by Crippen LogP contribution is -2.19. The maximum absolute atomic E-state index is 13.6. The van der Waals surface area contributed by atoms with Crippen molar-refractivity contribution < 1.29 is 26.3 Å². The first-order valence-electron chi connectivity index (χ1n) is 8.51. The molecule has 0 bridgehead atoms. The smallest absolute Gasteiger partial charge is 0.223 e. The monoisotopic (exact) mass is 456 g/mol. The molecule has 0 aliphatic rings. The van der Waals surface area contributed by atoms with Crippen molar-refractivity contribution in [3.63, 3.8) is 0 Å². The maximum atomic E-state index is 13.6. The van der Waals surface area contributed by atoms with Gasteiger partial charge in [0.2, 0.25) is 0 Å². The fourth-order valence-corrected chi connectivity index (χ4v) is 3.09. The molecule has 0 radical (unpaired) electrons. The second-order valence-corrected chi connectivity index (χ2v) is 6.81. The van der Waals surface area contributed by atoms with E-state index in [0.29, 0.717) is 17.8 Å². The molecule has 4 nitrogen and oxygen atoms in total. The molecule has 1 unspecified atom stereocenters. The molecule has 1 heterocycles. The Morgan fingerprint density at radius 2 is 1.81 bits per heavy atom. The minimum atomic E-state index is -4.87. The van der Waals surface area contributed by atoms with Gasteiger partial charge < -0.3 is 0 Å². The fourth-order valence-electron chi connectivity index (χ4n) is 2.85. The SMILES string of the molecule is N#Cc1cc(C=CC(c2cc(Cl)cc(C(F)(F)F)c2)C(F)(F)F)ccc1-n1cncn1. The number of nitrogens with zero attached hydrogens (tertiary/aromatic N) is 4. The first-order valence-corrected chi connectivity index (χ1v) is 8.88. The van der Waals surface area contributed by atoms with Gasteiger partial charge in [0.25, 0.3) is 0 Å². The zero-order chi connectivity index (χ0) is 22.8. The summed E-state index contributed by atoms with van der Waals surface area (Å²) < 4.78 is 81.2. The number of allylic oxidation sites excluding steroid dienone is 1. The minimum absolute atomic E-state index is 0.123. The number of hydrogen-bond acceptors (Lipinski definition) is 3. The third kappa shape index (κ3) is 5.24. The van der Waals surface area contributed by atoms with E-state index in [0.717, 1.165) is 18.2 Å². The van der Waals surface area contributed by atoms with Crippen molar-refractivity contribution in [3.05, 3.63) is 82.4 Å². The molecule has 11 heteroatoms. The van der Waals surface area contributed by atoms with Gasteiger partial charge in [-0.1, -0.05) is 29.8 Å². The van der Waals surface area contributed by atoms with Gasteiger partial charge in [-0.3, -0.25) is 0 Å². The number of hydrogen-bond donors (Lipinski definition) is 0. The molecule has 0 N–H and O–H groups in total. The Kier molecular flexibility index (Phi) is 6.08. The second-order valence-electron chi connectivity index (χ2n) is 6.38. The molecule has 0 aliphatic carbocycles. The van der Waals surface area contributed by atoms with E-state index < -0.39 is 34.4 Å². The zero-order valence-electron chi connectivity index (χ0n) is 15.3. The van der Waals surface area contributed by atoms with E-state index in [1.165, 1.54) is 35.5 Å². The summed E-state index contributed by atoms with van der Waals surface area (Å²) in [5, 5.41) is 12.8. The zero-order valence-corrected chi connectivity index (χ0v) is 16.0. The topological polar surface area (TPSA) is 54.5 Å². The van der Waals surface area contributed by atoms with Crippen LogP contribution in [0.15, 0.2) is 55.1 Å². The molecule has 0 fully saturated rings. The molecule has 0 spiro atoms. The third-order valence-corrected chi connectivity index (χ3v) is 4.47. The summed E-state index contributed by atoms with van der Waals surface area (Å²) in [4.78, 5) is 3.76. The van der Waals surface area contributed by atoms with Crippen LogP contribution in [0.2, 0.25) is 5.02 Å². The fraction of sp³-hybridized carbons (Fsp3) is 0.150. The summed E-state index contributed by atoms with van der Waals surface area (Å²) in [5.74, 6) is -2.34. The van der Waals surface area contributed by atoms with Gasteiger partial charge in [-0.15, -0.1) is 0 Å². The molecule has 1 aromatic heterocycles. The highest BCUT2D eigenvalue weighted by molar-refractivity contribution is 6.30. The van der Waals surface area contributed by atoms with Crippen molar-refractivity contribution in [3.8, 4) is 11.8 Å². The molecular weight excluding hydrogens is 446 g/mol. The highest BCUT2D eigenvalue weighted by Crippen LogP contribution is 2.40. The molecule has 160 valence electrons. The van der Waals surface area contributed by atoms with Crippen LogP contribution in [0.1, 0.15) is 28.2 Å². The van der Waals surface area contributed by atoms with Crippen LogP contribution < -0.4 is 0 Å². The number of rotatable bonds is 4. The summed E-state index contributed by atoms with van der Waals surface area (Å²) >= 11 is 5.63. The second kappa shape index (κ2) is 8.43. The van der Waals surface area contributed by atoms with Crippen molar-refractivity contribution in [2.24, 2.45) is 0 Å². The normalized spacial score (nSPS) is 13.4. The molecule has 31 heavy (non-hydrogen) atoms. The molecule has 1 atom stereocenters. The number of nitriles is 1. The van der Waals surface area contributed by atoms with Gasteiger partial charge in [-0.2, -0.15) is 36.7 Å². The number of halogens is 7. The van der Waals surface area contributed by atoms with Gasteiger partial charge in [0.1, 0.15) is 18.7 Å². The lowest BCUT2D eigenvalue weighted by Gasteiger charge is -2.19. The van der Waals surface area contributed by atoms with E-state index in [1.807, 2.05) is 6.07 Å². The Hall–Kier alpha value is -3.32. The maximum Gasteiger partial charge on any atom is 0.416 e. The Bertz CT molecular complexity index is 1140. The Morgan fingerprint density at radius 3 is 2.39 bits per heavy atom. The van der Waals surface area contributed by atoms with Crippen molar-refractivity contribution in [1.82, 2.24) is 14.8 Å². The Balaban J connectivity index is 2.00. The van der Waals surface area contributed by atoms with E-state index in [1.54, 1.807) is 0 Å². The van der Waals surface area contributed by atoms with Crippen LogP contribution >= 0.6 is 11.6 Å². The van der Waals surface area contributed by atoms with Gasteiger partial charge in [-0.25, -0.2) is 9.67 Å². The van der Waals surface area contributed by atoms with E-state index in [9.17, 15) is 31.6 Å². The molecule has 2 aromatic carbocycles. The van der Waals surface area contributed by atoms with Crippen LogP contribution in [-0.2, 0) is 6.18 Å². The van der Waals surface area contributed by atoms with Crippen LogP contribution in [0.4, 0.5) is 26.3 Å². The van der Waals surface area contributed by atoms with Crippen LogP contribution in [-0.4, -0.2) is 20.9 Å². The number of aromatic nitrogens is 3. The lowest BCUT2D eigenvalue weighted by atomic mass is 9.95. The van der Waals surface area contributed by atoms with E-state index in [2.05, 4.69) is 10.1 Å². The van der Waals surface area contributed by atoms with Gasteiger partial charge in [0.05, 0.1) is 22.7 Å². The molecular formula is C20H11ClF6N4. The summed E-state index contributed by atoms with van der Waals surface area (Å²) in [7, 11) is 0. The van der Waals surface area contributed by atoms with Crippen molar-refractivity contribution in [1.29, 1.82) is 5.26 Å². The van der Waals surface area contributed by atoms with Gasteiger partial charge >= 0.3 is 12.4 Å². The highest BCUT2D eigenvalue weighted by Gasteiger charge is 2.40. The van der Waals surface area contributed by atoms with Gasteiger partial charge in [-0.05, 0) is 41.5 Å². The van der Waals surface area contributed by atoms with E-state index >= 15 is 0 Å². The van der Waals surface area contributed by atoms with E-state index in [-0.39, 0.29) is 11.1 Å². The summed E-state index contributed by atoms with van der Waals surface area (Å²) in [5.41, 5.74) is -1.19. The van der Waals surface area contributed by atoms with Crippen LogP contribution in [0.3, 0.4) is 0 Å². The van der Waals surface area contributed by atoms with E-state index in [4.69, 9.17) is 11.6 Å². The first-order chi connectivity index (χ1) is 14.5. The summed E-state index contributed by atoms with van der Waals surface area (Å²) in [6.07, 6.45) is -5.32. The predicted molar refractivity (Wildman–Crippen MR) is 100 cm³/mol. The van der Waals surface area contributed by atoms with Gasteiger partial charge in [0, 0.05) is 5.02 Å². The first kappa shape index (κ1) is 22.4. The number of benzene rings is 2. The van der Waals surface area contributed by atoms with Crippen molar-refractivity contribution in [2.45, 2.75) is 18.3 Å². The predicted octanol–water partition coefficient (Wildman–Crippen LogP) is 6.17. The third-order valence-electron chi connectivity index (χ3n) is 4.25. The van der Waals surface area contributed by atoms with Gasteiger partial charge in [0.15, 0.2) is 0 Å². The van der Waals surface area contributed by atoms with Crippen molar-refractivity contribution in [2.75, 3.05) is 0 Å². The molecule has 0 amide bonds. The molecule has 0 aliphatic heterocycles. The quantitative estimate of drug-likeness (QED) is 0.441. The standard InChI is InChI=1S/C20H11ClF6N4/c21-16-7-13(6-15(8-16)19(22,23)24)17(20(25,26)27)3-1-12-2-4-18(14(5-12)9-28)31-11-29-10-30-31/h1-8,10-11,17H. The lowest BCUT2D eigenvalue weighted by molar-refractivity contribution is -0.142. The van der Waals surface area contributed by atoms with Crippen LogP contribution in [0, 0.1) is 11.3 Å². The minimum Gasteiger partial charge on any atom is -0.223 e. The Morgan fingerprint density at radius 1 is 1.06 bits per heavy atom. The molecule has 3 aromatic rings. The van der Waals surface area contributed by atoms with Crippen molar-refractivity contribution >= 4 is 17.7 Å². The van der Waals surface area contributed by atoms with Crippen LogP contribution in [0.25, 0.3) is 11.8 Å². The largest absolute Gasteiger partial charge is 0.416 e.